The molecule has 0 aliphatic rings. The SMILES string of the molecule is c1ccc2cc(-c3cc(-c4ccc5ccc(-c6cccc7oc8ccccc8c67)cc5c4)cc(-c4cccc5oc6ccccc6c45)c3)ccc2c1. The quantitative estimate of drug-likeness (QED) is 0.187. The maximum Gasteiger partial charge on any atom is 0.136 e. The van der Waals surface area contributed by atoms with Gasteiger partial charge in [0.15, 0.2) is 0 Å². The third kappa shape index (κ3) is 4.58. The average Bonchev–Trinajstić information content (AvgIpc) is 3.79. The fourth-order valence-electron chi connectivity index (χ4n) is 8.11. The lowest BCUT2D eigenvalue weighted by Crippen LogP contribution is -1.88. The van der Waals surface area contributed by atoms with Crippen LogP contribution in [0.2, 0.25) is 0 Å². The molecule has 2 nitrogen and oxygen atoms in total. The van der Waals surface area contributed by atoms with Crippen molar-refractivity contribution in [1.29, 1.82) is 0 Å². The number of hydrogen-bond donors (Lipinski definition) is 0. The second-order valence-electron chi connectivity index (χ2n) is 13.7. The topological polar surface area (TPSA) is 26.3 Å². The van der Waals surface area contributed by atoms with Crippen molar-refractivity contribution in [3.8, 4) is 44.5 Å². The first-order valence-electron chi connectivity index (χ1n) is 17.7. The van der Waals surface area contributed by atoms with Crippen LogP contribution in [-0.2, 0) is 0 Å². The summed E-state index contributed by atoms with van der Waals surface area (Å²) in [7, 11) is 0. The van der Waals surface area contributed by atoms with E-state index in [4.69, 9.17) is 8.83 Å². The molecule has 0 aliphatic heterocycles. The fraction of sp³-hybridized carbons (Fsp3) is 0. The standard InChI is InChI=1S/C50H30O2/c1-2-10-33-25-34(22-19-31(33)9-1)38-28-39(30-40(29-38)42-14-8-18-48-50(42)44-12-4-6-16-46(44)52-48)35-23-20-32-21-24-36(27-37(32)26-35)41-13-7-17-47-49(41)43-11-3-5-15-45(43)51-47/h1-30H. The summed E-state index contributed by atoms with van der Waals surface area (Å²) in [5.74, 6) is 0. The smallest absolute Gasteiger partial charge is 0.136 e. The Kier molecular flexibility index (Phi) is 6.28. The van der Waals surface area contributed by atoms with E-state index in [1.807, 2.05) is 18.2 Å². The van der Waals surface area contributed by atoms with Gasteiger partial charge in [0.1, 0.15) is 22.3 Å². The van der Waals surface area contributed by atoms with E-state index in [1.165, 1.54) is 54.9 Å². The minimum atomic E-state index is 0.898. The molecule has 0 atom stereocenters. The van der Waals surface area contributed by atoms with Crippen LogP contribution in [0, 0.1) is 0 Å². The van der Waals surface area contributed by atoms with Gasteiger partial charge in [0.2, 0.25) is 0 Å². The summed E-state index contributed by atoms with van der Waals surface area (Å²) in [5, 5.41) is 9.43. The zero-order chi connectivity index (χ0) is 34.2. The van der Waals surface area contributed by atoms with Gasteiger partial charge < -0.3 is 8.83 Å². The van der Waals surface area contributed by atoms with Crippen LogP contribution in [0.5, 0.6) is 0 Å². The van der Waals surface area contributed by atoms with E-state index in [9.17, 15) is 0 Å². The van der Waals surface area contributed by atoms with Crippen molar-refractivity contribution >= 4 is 65.4 Å². The first-order valence-corrected chi connectivity index (χ1v) is 17.7. The molecule has 2 aromatic heterocycles. The van der Waals surface area contributed by atoms with Crippen LogP contribution in [0.15, 0.2) is 191 Å². The molecule has 2 heterocycles. The van der Waals surface area contributed by atoms with Gasteiger partial charge in [-0.3, -0.25) is 0 Å². The summed E-state index contributed by atoms with van der Waals surface area (Å²) in [4.78, 5) is 0. The van der Waals surface area contributed by atoms with E-state index in [-0.39, 0.29) is 0 Å². The summed E-state index contributed by atoms with van der Waals surface area (Å²) >= 11 is 0. The number of fused-ring (bicyclic) bond motifs is 8. The van der Waals surface area contributed by atoms with Crippen molar-refractivity contribution in [2.75, 3.05) is 0 Å². The third-order valence-electron chi connectivity index (χ3n) is 10.6. The van der Waals surface area contributed by atoms with Crippen molar-refractivity contribution < 1.29 is 8.83 Å². The molecule has 11 rings (SSSR count). The second-order valence-corrected chi connectivity index (χ2v) is 13.7. The average molecular weight is 663 g/mol. The van der Waals surface area contributed by atoms with Crippen molar-refractivity contribution in [3.63, 3.8) is 0 Å². The maximum absolute atomic E-state index is 6.33. The van der Waals surface area contributed by atoms with Gasteiger partial charge >= 0.3 is 0 Å². The van der Waals surface area contributed by atoms with Gasteiger partial charge in [0.25, 0.3) is 0 Å². The molecule has 0 spiro atoms. The summed E-state index contributed by atoms with van der Waals surface area (Å²) in [5.41, 5.74) is 13.0. The summed E-state index contributed by atoms with van der Waals surface area (Å²) in [6.07, 6.45) is 0. The van der Waals surface area contributed by atoms with E-state index in [0.717, 1.165) is 55.0 Å². The highest BCUT2D eigenvalue weighted by Gasteiger charge is 2.16. The van der Waals surface area contributed by atoms with Gasteiger partial charge in [0, 0.05) is 21.5 Å². The molecule has 0 amide bonds. The molecule has 0 unspecified atom stereocenters. The first kappa shape index (κ1) is 28.9. The Balaban J connectivity index is 1.11. The lowest BCUT2D eigenvalue weighted by molar-refractivity contribution is 0.668. The third-order valence-corrected chi connectivity index (χ3v) is 10.6. The van der Waals surface area contributed by atoms with Crippen molar-refractivity contribution in [2.24, 2.45) is 0 Å². The Morgan fingerprint density at radius 2 is 0.692 bits per heavy atom. The Morgan fingerprint density at radius 3 is 1.33 bits per heavy atom. The molecule has 0 N–H and O–H groups in total. The molecule has 0 aliphatic carbocycles. The molecule has 9 aromatic carbocycles. The molecule has 0 fully saturated rings. The number of furan rings is 2. The molecule has 11 aromatic rings. The zero-order valence-electron chi connectivity index (χ0n) is 28.1. The molecule has 242 valence electrons. The van der Waals surface area contributed by atoms with E-state index >= 15 is 0 Å². The van der Waals surface area contributed by atoms with Gasteiger partial charge in [-0.05, 0) is 127 Å². The van der Waals surface area contributed by atoms with E-state index < -0.39 is 0 Å². The Hall–Kier alpha value is -6.90. The molecular weight excluding hydrogens is 633 g/mol. The highest BCUT2D eigenvalue weighted by Crippen LogP contribution is 2.42. The van der Waals surface area contributed by atoms with Gasteiger partial charge in [-0.25, -0.2) is 0 Å². The van der Waals surface area contributed by atoms with Crippen LogP contribution in [-0.4, -0.2) is 0 Å². The minimum absolute atomic E-state index is 0.898. The molecular formula is C50H30O2. The van der Waals surface area contributed by atoms with Crippen molar-refractivity contribution in [2.45, 2.75) is 0 Å². The van der Waals surface area contributed by atoms with E-state index in [2.05, 4.69) is 164 Å². The van der Waals surface area contributed by atoms with Crippen LogP contribution >= 0.6 is 0 Å². The Morgan fingerprint density at radius 1 is 0.250 bits per heavy atom. The van der Waals surface area contributed by atoms with E-state index in [0.29, 0.717) is 0 Å². The van der Waals surface area contributed by atoms with Gasteiger partial charge in [-0.15, -0.1) is 0 Å². The van der Waals surface area contributed by atoms with Crippen molar-refractivity contribution in [1.82, 2.24) is 0 Å². The Labute approximate surface area is 299 Å². The van der Waals surface area contributed by atoms with Crippen LogP contribution < -0.4 is 0 Å². The molecule has 0 saturated heterocycles. The molecule has 0 radical (unpaired) electrons. The minimum Gasteiger partial charge on any atom is -0.456 e. The van der Waals surface area contributed by atoms with Crippen LogP contribution in [0.3, 0.4) is 0 Å². The van der Waals surface area contributed by atoms with Gasteiger partial charge in [0.05, 0.1) is 0 Å². The van der Waals surface area contributed by atoms with Crippen molar-refractivity contribution in [3.05, 3.63) is 182 Å². The maximum atomic E-state index is 6.33. The van der Waals surface area contributed by atoms with Gasteiger partial charge in [-0.1, -0.05) is 121 Å². The number of rotatable bonds is 4. The van der Waals surface area contributed by atoms with Gasteiger partial charge in [-0.2, -0.15) is 0 Å². The number of hydrogen-bond acceptors (Lipinski definition) is 2. The lowest BCUT2D eigenvalue weighted by Gasteiger charge is -2.14. The predicted octanol–water partition coefficient (Wildman–Crippen LogP) is 14.5. The molecule has 52 heavy (non-hydrogen) atoms. The highest BCUT2D eigenvalue weighted by molar-refractivity contribution is 6.14. The van der Waals surface area contributed by atoms with Crippen LogP contribution in [0.25, 0.3) is 110 Å². The number of benzene rings is 9. The molecule has 2 heteroatoms. The highest BCUT2D eigenvalue weighted by atomic mass is 16.3. The number of para-hydroxylation sites is 2. The normalized spacial score (nSPS) is 11.8. The summed E-state index contributed by atoms with van der Waals surface area (Å²) < 4.78 is 12.6. The van der Waals surface area contributed by atoms with Crippen LogP contribution in [0.4, 0.5) is 0 Å². The lowest BCUT2D eigenvalue weighted by atomic mass is 9.90. The largest absolute Gasteiger partial charge is 0.456 e. The Bertz CT molecular complexity index is 3190. The second kappa shape index (κ2) is 11.3. The predicted molar refractivity (Wildman–Crippen MR) is 218 cm³/mol. The first-order chi connectivity index (χ1) is 25.7. The summed E-state index contributed by atoms with van der Waals surface area (Å²) in [6.45, 7) is 0. The fourth-order valence-corrected chi connectivity index (χ4v) is 8.11. The molecule has 0 bridgehead atoms. The zero-order valence-corrected chi connectivity index (χ0v) is 28.1. The van der Waals surface area contributed by atoms with Crippen LogP contribution in [0.1, 0.15) is 0 Å². The molecule has 0 saturated carbocycles. The monoisotopic (exact) mass is 662 g/mol. The summed E-state index contributed by atoms with van der Waals surface area (Å²) in [6, 6.07) is 65.3. The van der Waals surface area contributed by atoms with E-state index in [1.54, 1.807) is 0 Å².